The zero-order chi connectivity index (χ0) is 12.6. The smallest absolute Gasteiger partial charge is 0.306 e. The number of nitrogens with one attached hydrogen (secondary N) is 1. The van der Waals surface area contributed by atoms with Crippen LogP contribution in [-0.4, -0.2) is 25.5 Å². The number of hydrogen-bond donors (Lipinski definition) is 1. The van der Waals surface area contributed by atoms with Crippen molar-refractivity contribution in [3.63, 3.8) is 0 Å². The Morgan fingerprint density at radius 3 is 2.38 bits per heavy atom. The van der Waals surface area contributed by atoms with Crippen LogP contribution in [0.4, 0.5) is 0 Å². The van der Waals surface area contributed by atoms with Crippen LogP contribution in [0, 0.1) is 5.41 Å². The van der Waals surface area contributed by atoms with E-state index in [-0.39, 0.29) is 30.1 Å². The maximum absolute atomic E-state index is 11.4. The fourth-order valence-corrected chi connectivity index (χ4v) is 1.51. The van der Waals surface area contributed by atoms with Crippen molar-refractivity contribution in [2.24, 2.45) is 5.41 Å². The molecule has 0 saturated heterocycles. The van der Waals surface area contributed by atoms with Crippen LogP contribution in [0.25, 0.3) is 0 Å². The molecule has 0 rings (SSSR count). The van der Waals surface area contributed by atoms with Crippen molar-refractivity contribution in [1.82, 2.24) is 5.32 Å². The zero-order valence-corrected chi connectivity index (χ0v) is 10.8. The lowest BCUT2D eigenvalue weighted by atomic mass is 9.88. The van der Waals surface area contributed by atoms with Gasteiger partial charge in [0.25, 0.3) is 0 Å². The van der Waals surface area contributed by atoms with Gasteiger partial charge in [-0.25, -0.2) is 0 Å². The first-order chi connectivity index (χ1) is 7.41. The van der Waals surface area contributed by atoms with E-state index in [4.69, 9.17) is 0 Å². The summed E-state index contributed by atoms with van der Waals surface area (Å²) in [5.41, 5.74) is 0.121. The summed E-state index contributed by atoms with van der Waals surface area (Å²) in [5.74, 6) is -0.433. The monoisotopic (exact) mass is 229 g/mol. The summed E-state index contributed by atoms with van der Waals surface area (Å²) in [4.78, 5) is 22.2. The van der Waals surface area contributed by atoms with Crippen molar-refractivity contribution >= 4 is 11.9 Å². The molecule has 0 saturated carbocycles. The third-order valence-corrected chi connectivity index (χ3v) is 2.47. The van der Waals surface area contributed by atoms with Gasteiger partial charge in [0.05, 0.1) is 13.5 Å². The zero-order valence-electron chi connectivity index (χ0n) is 10.8. The first-order valence-electron chi connectivity index (χ1n) is 5.75. The van der Waals surface area contributed by atoms with Gasteiger partial charge in [-0.15, -0.1) is 0 Å². The SMILES string of the molecule is CCCC(C)(C)CNC(=O)CCC(=O)OC. The van der Waals surface area contributed by atoms with Crippen molar-refractivity contribution in [2.75, 3.05) is 13.7 Å². The fraction of sp³-hybridized carbons (Fsp3) is 0.833. The summed E-state index contributed by atoms with van der Waals surface area (Å²) in [6, 6.07) is 0. The van der Waals surface area contributed by atoms with Crippen LogP contribution >= 0.6 is 0 Å². The molecule has 16 heavy (non-hydrogen) atoms. The van der Waals surface area contributed by atoms with Crippen LogP contribution in [0.2, 0.25) is 0 Å². The second-order valence-electron chi connectivity index (χ2n) is 4.77. The molecule has 0 aromatic heterocycles. The predicted octanol–water partition coefficient (Wildman–Crippen LogP) is 1.88. The van der Waals surface area contributed by atoms with Crippen LogP contribution in [0.3, 0.4) is 0 Å². The molecule has 0 aliphatic carbocycles. The molecule has 0 aliphatic heterocycles. The lowest BCUT2D eigenvalue weighted by Gasteiger charge is -2.24. The van der Waals surface area contributed by atoms with E-state index in [0.717, 1.165) is 12.8 Å². The Morgan fingerprint density at radius 2 is 1.88 bits per heavy atom. The van der Waals surface area contributed by atoms with Gasteiger partial charge >= 0.3 is 5.97 Å². The molecule has 0 radical (unpaired) electrons. The van der Waals surface area contributed by atoms with E-state index >= 15 is 0 Å². The Hall–Kier alpha value is -1.06. The Kier molecular flexibility index (Phi) is 6.77. The van der Waals surface area contributed by atoms with E-state index in [2.05, 4.69) is 30.8 Å². The second kappa shape index (κ2) is 7.25. The summed E-state index contributed by atoms with van der Waals surface area (Å²) >= 11 is 0. The van der Waals surface area contributed by atoms with Crippen LogP contribution < -0.4 is 5.32 Å². The third-order valence-electron chi connectivity index (χ3n) is 2.47. The summed E-state index contributed by atoms with van der Waals surface area (Å²) in [7, 11) is 1.32. The molecule has 0 aliphatic rings. The van der Waals surface area contributed by atoms with Gasteiger partial charge in [0.2, 0.25) is 5.91 Å². The van der Waals surface area contributed by atoms with Crippen molar-refractivity contribution in [3.8, 4) is 0 Å². The Balaban J connectivity index is 3.76. The molecule has 94 valence electrons. The molecule has 0 bridgehead atoms. The van der Waals surface area contributed by atoms with Gasteiger partial charge in [-0.1, -0.05) is 27.2 Å². The molecular weight excluding hydrogens is 206 g/mol. The van der Waals surface area contributed by atoms with E-state index in [1.165, 1.54) is 7.11 Å². The minimum absolute atomic E-state index is 0.0884. The minimum Gasteiger partial charge on any atom is -0.469 e. The van der Waals surface area contributed by atoms with E-state index in [1.807, 2.05) is 0 Å². The molecule has 0 atom stereocenters. The van der Waals surface area contributed by atoms with Gasteiger partial charge in [-0.2, -0.15) is 0 Å². The number of ether oxygens (including phenoxy) is 1. The van der Waals surface area contributed by atoms with Gasteiger partial charge < -0.3 is 10.1 Å². The average molecular weight is 229 g/mol. The number of methoxy groups -OCH3 is 1. The summed E-state index contributed by atoms with van der Waals surface area (Å²) in [5, 5.41) is 2.84. The second-order valence-corrected chi connectivity index (χ2v) is 4.77. The number of rotatable bonds is 7. The molecule has 0 heterocycles. The maximum Gasteiger partial charge on any atom is 0.306 e. The van der Waals surface area contributed by atoms with E-state index in [1.54, 1.807) is 0 Å². The van der Waals surface area contributed by atoms with Crippen LogP contribution in [-0.2, 0) is 14.3 Å². The van der Waals surface area contributed by atoms with Crippen LogP contribution in [0.5, 0.6) is 0 Å². The summed E-state index contributed by atoms with van der Waals surface area (Å²) in [6.45, 7) is 7.02. The Morgan fingerprint density at radius 1 is 1.25 bits per heavy atom. The molecule has 4 nitrogen and oxygen atoms in total. The first kappa shape index (κ1) is 14.9. The highest BCUT2D eigenvalue weighted by Gasteiger charge is 2.17. The van der Waals surface area contributed by atoms with Crippen LogP contribution in [0.15, 0.2) is 0 Å². The fourth-order valence-electron chi connectivity index (χ4n) is 1.51. The molecule has 1 amide bonds. The molecule has 0 fully saturated rings. The third kappa shape index (κ3) is 7.26. The average Bonchev–Trinajstić information content (AvgIpc) is 2.23. The number of esters is 1. The number of carbonyl (C=O) groups excluding carboxylic acids is 2. The highest BCUT2D eigenvalue weighted by Crippen LogP contribution is 2.20. The minimum atomic E-state index is -0.344. The van der Waals surface area contributed by atoms with Crippen molar-refractivity contribution in [3.05, 3.63) is 0 Å². The molecule has 4 heteroatoms. The summed E-state index contributed by atoms with van der Waals surface area (Å²) < 4.78 is 4.47. The van der Waals surface area contributed by atoms with Gasteiger partial charge in [0, 0.05) is 13.0 Å². The molecule has 0 aromatic rings. The van der Waals surface area contributed by atoms with Gasteiger partial charge in [0.1, 0.15) is 0 Å². The number of amides is 1. The quantitative estimate of drug-likeness (QED) is 0.678. The maximum atomic E-state index is 11.4. The molecule has 0 unspecified atom stereocenters. The van der Waals surface area contributed by atoms with E-state index in [9.17, 15) is 9.59 Å². The first-order valence-corrected chi connectivity index (χ1v) is 5.75. The highest BCUT2D eigenvalue weighted by atomic mass is 16.5. The topological polar surface area (TPSA) is 55.4 Å². The lowest BCUT2D eigenvalue weighted by molar-refractivity contribution is -0.142. The highest BCUT2D eigenvalue weighted by molar-refractivity contribution is 5.81. The van der Waals surface area contributed by atoms with E-state index in [0.29, 0.717) is 6.54 Å². The van der Waals surface area contributed by atoms with Crippen LogP contribution in [0.1, 0.15) is 46.5 Å². The Labute approximate surface area is 97.7 Å². The van der Waals surface area contributed by atoms with Gasteiger partial charge in [-0.05, 0) is 11.8 Å². The largest absolute Gasteiger partial charge is 0.469 e. The standard InChI is InChI=1S/C12H23NO3/c1-5-8-12(2,3)9-13-10(14)6-7-11(15)16-4/h5-9H2,1-4H3,(H,13,14). The van der Waals surface area contributed by atoms with Crippen molar-refractivity contribution in [1.29, 1.82) is 0 Å². The van der Waals surface area contributed by atoms with Crippen molar-refractivity contribution in [2.45, 2.75) is 46.5 Å². The molecule has 0 aromatic carbocycles. The normalized spacial score (nSPS) is 11.0. The Bertz CT molecular complexity index is 236. The van der Waals surface area contributed by atoms with E-state index < -0.39 is 0 Å². The van der Waals surface area contributed by atoms with Gasteiger partial charge in [0.15, 0.2) is 0 Å². The molecular formula is C12H23NO3. The molecule has 0 spiro atoms. The molecule has 1 N–H and O–H groups in total. The van der Waals surface area contributed by atoms with Gasteiger partial charge in [-0.3, -0.25) is 9.59 Å². The number of hydrogen-bond acceptors (Lipinski definition) is 3. The summed E-state index contributed by atoms with van der Waals surface area (Å²) in [6.07, 6.45) is 2.53. The number of carbonyl (C=O) groups is 2. The van der Waals surface area contributed by atoms with Crippen molar-refractivity contribution < 1.29 is 14.3 Å². The lowest BCUT2D eigenvalue weighted by Crippen LogP contribution is -2.34. The predicted molar refractivity (Wildman–Crippen MR) is 62.9 cm³/mol.